The SMILES string of the molecule is Cc1nnc2n1N[C@@H](c1ccc(Cl)cc1)CS2. The second kappa shape index (κ2) is 4.23. The highest BCUT2D eigenvalue weighted by Crippen LogP contribution is 2.30. The molecule has 0 fully saturated rings. The molecule has 0 amide bonds. The molecule has 1 aromatic heterocycles. The Balaban J connectivity index is 1.88. The molecule has 0 unspecified atom stereocenters. The van der Waals surface area contributed by atoms with Crippen molar-refractivity contribution in [2.75, 3.05) is 11.2 Å². The van der Waals surface area contributed by atoms with Crippen molar-refractivity contribution >= 4 is 23.4 Å². The van der Waals surface area contributed by atoms with Crippen molar-refractivity contribution in [1.29, 1.82) is 0 Å². The predicted octanol–water partition coefficient (Wildman–Crippen LogP) is 2.63. The average Bonchev–Trinajstić information content (AvgIpc) is 2.72. The van der Waals surface area contributed by atoms with Crippen LogP contribution in [0.5, 0.6) is 0 Å². The van der Waals surface area contributed by atoms with Crippen molar-refractivity contribution < 1.29 is 0 Å². The van der Waals surface area contributed by atoms with Crippen LogP contribution >= 0.6 is 23.4 Å². The number of nitrogens with zero attached hydrogens (tertiary/aromatic N) is 3. The summed E-state index contributed by atoms with van der Waals surface area (Å²) in [5.74, 6) is 1.82. The zero-order valence-electron chi connectivity index (χ0n) is 9.22. The lowest BCUT2D eigenvalue weighted by Gasteiger charge is -2.26. The van der Waals surface area contributed by atoms with Gasteiger partial charge in [-0.1, -0.05) is 35.5 Å². The van der Waals surface area contributed by atoms with E-state index in [4.69, 9.17) is 11.6 Å². The Kier molecular flexibility index (Phi) is 2.72. The summed E-state index contributed by atoms with van der Waals surface area (Å²) >= 11 is 7.60. The van der Waals surface area contributed by atoms with Crippen LogP contribution in [0.3, 0.4) is 0 Å². The van der Waals surface area contributed by atoms with E-state index < -0.39 is 0 Å². The molecule has 0 spiro atoms. The fraction of sp³-hybridized carbons (Fsp3) is 0.273. The van der Waals surface area contributed by atoms with E-state index >= 15 is 0 Å². The second-order valence-electron chi connectivity index (χ2n) is 3.91. The van der Waals surface area contributed by atoms with Gasteiger partial charge < -0.3 is 5.43 Å². The molecule has 17 heavy (non-hydrogen) atoms. The van der Waals surface area contributed by atoms with Gasteiger partial charge in [0.15, 0.2) is 0 Å². The monoisotopic (exact) mass is 266 g/mol. The van der Waals surface area contributed by atoms with Gasteiger partial charge in [-0.05, 0) is 24.6 Å². The molecule has 1 aliphatic heterocycles. The maximum Gasteiger partial charge on any atom is 0.210 e. The molecule has 2 heterocycles. The topological polar surface area (TPSA) is 42.7 Å². The standard InChI is InChI=1S/C11H11ClN4S/c1-7-13-14-11-16(7)15-10(6-17-11)8-2-4-9(12)5-3-8/h2-5,10,15H,6H2,1H3/t10-/m1/s1. The Hall–Kier alpha value is -1.20. The molecule has 6 heteroatoms. The van der Waals surface area contributed by atoms with Crippen LogP contribution in [0.15, 0.2) is 29.4 Å². The van der Waals surface area contributed by atoms with Crippen molar-refractivity contribution in [3.05, 3.63) is 40.7 Å². The van der Waals surface area contributed by atoms with E-state index in [1.165, 1.54) is 5.56 Å². The number of benzene rings is 1. The van der Waals surface area contributed by atoms with Crippen LogP contribution in [0.4, 0.5) is 0 Å². The Morgan fingerprint density at radius 2 is 2.12 bits per heavy atom. The number of aryl methyl sites for hydroxylation is 1. The summed E-state index contributed by atoms with van der Waals surface area (Å²) in [6, 6.07) is 8.19. The summed E-state index contributed by atoms with van der Waals surface area (Å²) in [6.45, 7) is 1.94. The maximum atomic E-state index is 5.89. The second-order valence-corrected chi connectivity index (χ2v) is 5.33. The molecular formula is C11H11ClN4S. The van der Waals surface area contributed by atoms with E-state index in [0.29, 0.717) is 0 Å². The maximum absolute atomic E-state index is 5.89. The fourth-order valence-corrected chi connectivity index (χ4v) is 2.92. The van der Waals surface area contributed by atoms with Crippen LogP contribution in [-0.4, -0.2) is 20.6 Å². The number of aromatic nitrogens is 3. The van der Waals surface area contributed by atoms with Crippen molar-refractivity contribution in [3.8, 4) is 0 Å². The molecule has 2 aromatic rings. The zero-order valence-corrected chi connectivity index (χ0v) is 10.8. The zero-order chi connectivity index (χ0) is 11.8. The molecule has 1 aliphatic rings. The summed E-state index contributed by atoms with van der Waals surface area (Å²) in [4.78, 5) is 0. The van der Waals surface area contributed by atoms with Gasteiger partial charge in [0.05, 0.1) is 6.04 Å². The minimum absolute atomic E-state index is 0.263. The number of halogens is 1. The number of hydrogen-bond acceptors (Lipinski definition) is 4. The van der Waals surface area contributed by atoms with E-state index in [0.717, 1.165) is 21.8 Å². The molecule has 4 nitrogen and oxygen atoms in total. The van der Waals surface area contributed by atoms with E-state index in [1.54, 1.807) is 11.8 Å². The lowest BCUT2D eigenvalue weighted by molar-refractivity contribution is 0.646. The highest BCUT2D eigenvalue weighted by atomic mass is 35.5. The number of thioether (sulfide) groups is 1. The van der Waals surface area contributed by atoms with Crippen LogP contribution in [-0.2, 0) is 0 Å². The van der Waals surface area contributed by atoms with Crippen LogP contribution < -0.4 is 5.43 Å². The van der Waals surface area contributed by atoms with Gasteiger partial charge in [0, 0.05) is 10.8 Å². The molecule has 88 valence electrons. The summed E-state index contributed by atoms with van der Waals surface area (Å²) in [5, 5.41) is 9.83. The van der Waals surface area contributed by atoms with Crippen molar-refractivity contribution in [2.45, 2.75) is 18.1 Å². The third-order valence-electron chi connectivity index (χ3n) is 2.73. The summed E-state index contributed by atoms with van der Waals surface area (Å²) < 4.78 is 1.94. The largest absolute Gasteiger partial charge is 0.314 e. The molecular weight excluding hydrogens is 256 g/mol. The van der Waals surface area contributed by atoms with E-state index in [9.17, 15) is 0 Å². The first-order valence-electron chi connectivity index (χ1n) is 5.31. The van der Waals surface area contributed by atoms with Crippen molar-refractivity contribution in [3.63, 3.8) is 0 Å². The molecule has 1 atom stereocenters. The molecule has 0 saturated carbocycles. The number of nitrogens with one attached hydrogen (secondary N) is 1. The predicted molar refractivity (Wildman–Crippen MR) is 69.0 cm³/mol. The molecule has 0 aliphatic carbocycles. The lowest BCUT2D eigenvalue weighted by Crippen LogP contribution is -2.28. The first-order valence-corrected chi connectivity index (χ1v) is 6.67. The van der Waals surface area contributed by atoms with Gasteiger partial charge >= 0.3 is 0 Å². The Morgan fingerprint density at radius 3 is 2.88 bits per heavy atom. The first kappa shape index (κ1) is 10.9. The van der Waals surface area contributed by atoms with Gasteiger partial charge in [-0.2, -0.15) is 0 Å². The van der Waals surface area contributed by atoms with Crippen LogP contribution in [0.1, 0.15) is 17.4 Å². The minimum atomic E-state index is 0.263. The summed E-state index contributed by atoms with van der Waals surface area (Å²) in [6.07, 6.45) is 0. The number of rotatable bonds is 1. The molecule has 0 saturated heterocycles. The van der Waals surface area contributed by atoms with E-state index in [2.05, 4.69) is 15.6 Å². The molecule has 0 radical (unpaired) electrons. The molecule has 1 N–H and O–H groups in total. The van der Waals surface area contributed by atoms with Gasteiger partial charge in [-0.3, -0.25) is 0 Å². The number of fused-ring (bicyclic) bond motifs is 1. The molecule has 0 bridgehead atoms. The van der Waals surface area contributed by atoms with Crippen LogP contribution in [0, 0.1) is 6.92 Å². The van der Waals surface area contributed by atoms with Gasteiger partial charge in [0.1, 0.15) is 5.82 Å². The van der Waals surface area contributed by atoms with Crippen LogP contribution in [0.25, 0.3) is 0 Å². The highest BCUT2D eigenvalue weighted by molar-refractivity contribution is 7.99. The Morgan fingerprint density at radius 1 is 1.35 bits per heavy atom. The minimum Gasteiger partial charge on any atom is -0.314 e. The Labute approximate surface area is 108 Å². The Bertz CT molecular complexity index is 537. The summed E-state index contributed by atoms with van der Waals surface area (Å²) in [5.41, 5.74) is 4.63. The third kappa shape index (κ3) is 2.00. The first-order chi connectivity index (χ1) is 8.24. The normalized spacial score (nSPS) is 18.6. The van der Waals surface area contributed by atoms with Gasteiger partial charge in [0.25, 0.3) is 0 Å². The van der Waals surface area contributed by atoms with E-state index in [-0.39, 0.29) is 6.04 Å². The van der Waals surface area contributed by atoms with E-state index in [1.807, 2.05) is 35.9 Å². The van der Waals surface area contributed by atoms with Gasteiger partial charge in [-0.25, -0.2) is 4.68 Å². The van der Waals surface area contributed by atoms with Gasteiger partial charge in [-0.15, -0.1) is 10.2 Å². The molecule has 1 aromatic carbocycles. The summed E-state index contributed by atoms with van der Waals surface area (Å²) in [7, 11) is 0. The van der Waals surface area contributed by atoms with Crippen molar-refractivity contribution in [2.24, 2.45) is 0 Å². The fourth-order valence-electron chi connectivity index (χ4n) is 1.80. The molecule has 3 rings (SSSR count). The average molecular weight is 267 g/mol. The third-order valence-corrected chi connectivity index (χ3v) is 4.01. The van der Waals surface area contributed by atoms with Crippen molar-refractivity contribution in [1.82, 2.24) is 14.9 Å². The van der Waals surface area contributed by atoms with Crippen LogP contribution in [0.2, 0.25) is 5.02 Å². The quantitative estimate of drug-likeness (QED) is 0.862. The lowest BCUT2D eigenvalue weighted by atomic mass is 10.1. The van der Waals surface area contributed by atoms with Gasteiger partial charge in [0.2, 0.25) is 5.16 Å². The number of hydrogen-bond donors (Lipinski definition) is 1. The smallest absolute Gasteiger partial charge is 0.210 e. The highest BCUT2D eigenvalue weighted by Gasteiger charge is 2.22.